The summed E-state index contributed by atoms with van der Waals surface area (Å²) in [5, 5.41) is 17.9. The van der Waals surface area contributed by atoms with Gasteiger partial charge < -0.3 is 5.32 Å². The van der Waals surface area contributed by atoms with Gasteiger partial charge in [-0.05, 0) is 42.0 Å². The lowest BCUT2D eigenvalue weighted by atomic mass is 10.1. The van der Waals surface area contributed by atoms with Crippen LogP contribution in [0.1, 0.15) is 29.2 Å². The monoisotopic (exact) mass is 300 g/mol. The van der Waals surface area contributed by atoms with Gasteiger partial charge in [0.25, 0.3) is 0 Å². The van der Waals surface area contributed by atoms with Gasteiger partial charge in [-0.3, -0.25) is 0 Å². The molecule has 0 radical (unpaired) electrons. The number of rotatable bonds is 5. The normalized spacial score (nSPS) is 12.5. The van der Waals surface area contributed by atoms with Crippen LogP contribution in [0.5, 0.6) is 0 Å². The lowest BCUT2D eigenvalue weighted by molar-refractivity contribution is 0.568. The third-order valence-electron chi connectivity index (χ3n) is 3.24. The van der Waals surface area contributed by atoms with E-state index in [4.69, 9.17) is 0 Å². The molecular formula is C14H16N6S. The Bertz CT molecular complexity index is 706. The van der Waals surface area contributed by atoms with E-state index in [-0.39, 0.29) is 6.04 Å². The third kappa shape index (κ3) is 3.32. The van der Waals surface area contributed by atoms with E-state index in [9.17, 15) is 0 Å². The van der Waals surface area contributed by atoms with Crippen LogP contribution in [0.15, 0.2) is 36.0 Å². The van der Waals surface area contributed by atoms with Crippen molar-refractivity contribution in [3.8, 4) is 5.69 Å². The van der Waals surface area contributed by atoms with Crippen LogP contribution in [0.25, 0.3) is 5.69 Å². The SMILES string of the molecule is Cc1nc(CNC(C)c2cccc(-n3cnnn3)c2)cs1. The van der Waals surface area contributed by atoms with Gasteiger partial charge in [0, 0.05) is 18.0 Å². The summed E-state index contributed by atoms with van der Waals surface area (Å²) >= 11 is 1.68. The molecule has 1 unspecified atom stereocenters. The highest BCUT2D eigenvalue weighted by atomic mass is 32.1. The zero-order valence-corrected chi connectivity index (χ0v) is 12.7. The number of hydrogen-bond acceptors (Lipinski definition) is 6. The van der Waals surface area contributed by atoms with Crippen LogP contribution < -0.4 is 5.32 Å². The molecule has 0 aliphatic heterocycles. The summed E-state index contributed by atoms with van der Waals surface area (Å²) in [5.74, 6) is 0. The highest BCUT2D eigenvalue weighted by molar-refractivity contribution is 7.09. The number of hydrogen-bond donors (Lipinski definition) is 1. The average molecular weight is 300 g/mol. The number of nitrogens with zero attached hydrogens (tertiary/aromatic N) is 5. The lowest BCUT2D eigenvalue weighted by Crippen LogP contribution is -2.18. The van der Waals surface area contributed by atoms with Crippen LogP contribution in [-0.4, -0.2) is 25.2 Å². The predicted molar refractivity (Wildman–Crippen MR) is 81.3 cm³/mol. The Labute approximate surface area is 126 Å². The average Bonchev–Trinajstić information content (AvgIpc) is 3.16. The predicted octanol–water partition coefficient (Wildman–Crippen LogP) is 2.28. The number of thiazole rings is 1. The summed E-state index contributed by atoms with van der Waals surface area (Å²) in [6.07, 6.45) is 1.59. The topological polar surface area (TPSA) is 68.5 Å². The zero-order valence-electron chi connectivity index (χ0n) is 11.9. The molecule has 0 saturated heterocycles. The maximum atomic E-state index is 4.46. The number of nitrogens with one attached hydrogen (secondary N) is 1. The van der Waals surface area contributed by atoms with Gasteiger partial charge in [0.05, 0.1) is 16.4 Å². The molecule has 0 bridgehead atoms. The van der Waals surface area contributed by atoms with Gasteiger partial charge in [-0.1, -0.05) is 12.1 Å². The Kier molecular flexibility index (Phi) is 4.03. The minimum Gasteiger partial charge on any atom is -0.305 e. The first-order valence-electron chi connectivity index (χ1n) is 6.70. The molecule has 0 amide bonds. The molecule has 1 aromatic carbocycles. The van der Waals surface area contributed by atoms with E-state index in [0.717, 1.165) is 22.9 Å². The molecule has 6 nitrogen and oxygen atoms in total. The minimum absolute atomic E-state index is 0.225. The summed E-state index contributed by atoms with van der Waals surface area (Å²) in [4.78, 5) is 4.46. The van der Waals surface area contributed by atoms with Crippen LogP contribution >= 0.6 is 11.3 Å². The van der Waals surface area contributed by atoms with E-state index in [0.29, 0.717) is 0 Å². The number of benzene rings is 1. The fourth-order valence-corrected chi connectivity index (χ4v) is 2.69. The molecule has 3 rings (SSSR count). The molecule has 21 heavy (non-hydrogen) atoms. The highest BCUT2D eigenvalue weighted by Gasteiger charge is 2.08. The molecule has 0 aliphatic carbocycles. The van der Waals surface area contributed by atoms with Crippen LogP contribution in [0, 0.1) is 6.92 Å². The summed E-state index contributed by atoms with van der Waals surface area (Å²) in [7, 11) is 0. The van der Waals surface area contributed by atoms with Gasteiger partial charge >= 0.3 is 0 Å². The maximum Gasteiger partial charge on any atom is 0.143 e. The van der Waals surface area contributed by atoms with Crippen molar-refractivity contribution in [2.75, 3.05) is 0 Å². The van der Waals surface area contributed by atoms with Gasteiger partial charge in [0.15, 0.2) is 0 Å². The minimum atomic E-state index is 0.225. The van der Waals surface area contributed by atoms with E-state index in [1.807, 2.05) is 19.1 Å². The Morgan fingerprint density at radius 3 is 3.00 bits per heavy atom. The first-order chi connectivity index (χ1) is 10.2. The van der Waals surface area contributed by atoms with E-state index in [1.54, 1.807) is 22.3 Å². The van der Waals surface area contributed by atoms with E-state index < -0.39 is 0 Å². The quantitative estimate of drug-likeness (QED) is 0.783. The van der Waals surface area contributed by atoms with Gasteiger partial charge in [-0.15, -0.1) is 16.4 Å². The largest absolute Gasteiger partial charge is 0.305 e. The smallest absolute Gasteiger partial charge is 0.143 e. The number of aryl methyl sites for hydroxylation is 1. The molecular weight excluding hydrogens is 284 g/mol. The van der Waals surface area contributed by atoms with Crippen molar-refractivity contribution in [3.63, 3.8) is 0 Å². The summed E-state index contributed by atoms with van der Waals surface area (Å²) in [5.41, 5.74) is 3.23. The summed E-state index contributed by atoms with van der Waals surface area (Å²) in [6, 6.07) is 8.40. The number of tetrazole rings is 1. The Hall–Kier alpha value is -2.12. The van der Waals surface area contributed by atoms with E-state index in [1.165, 1.54) is 5.56 Å². The van der Waals surface area contributed by atoms with Crippen molar-refractivity contribution >= 4 is 11.3 Å². The molecule has 0 saturated carbocycles. The molecule has 2 heterocycles. The second-order valence-electron chi connectivity index (χ2n) is 4.81. The van der Waals surface area contributed by atoms with Crippen molar-refractivity contribution < 1.29 is 0 Å². The molecule has 0 spiro atoms. The molecule has 2 aromatic heterocycles. The first kappa shape index (κ1) is 13.8. The Balaban J connectivity index is 1.69. The van der Waals surface area contributed by atoms with Gasteiger partial charge in [-0.25, -0.2) is 9.67 Å². The van der Waals surface area contributed by atoms with Gasteiger partial charge in [0.2, 0.25) is 0 Å². The lowest BCUT2D eigenvalue weighted by Gasteiger charge is -2.14. The fourth-order valence-electron chi connectivity index (χ4n) is 2.08. The van der Waals surface area contributed by atoms with E-state index >= 15 is 0 Å². The van der Waals surface area contributed by atoms with Crippen molar-refractivity contribution in [2.45, 2.75) is 26.4 Å². The summed E-state index contributed by atoms with van der Waals surface area (Å²) in [6.45, 7) is 4.92. The zero-order chi connectivity index (χ0) is 14.7. The van der Waals surface area contributed by atoms with Crippen LogP contribution in [-0.2, 0) is 6.54 Å². The van der Waals surface area contributed by atoms with Crippen LogP contribution in [0.4, 0.5) is 0 Å². The van der Waals surface area contributed by atoms with Gasteiger partial charge in [-0.2, -0.15) is 0 Å². The Morgan fingerprint density at radius 1 is 1.38 bits per heavy atom. The maximum absolute atomic E-state index is 4.46. The molecule has 1 atom stereocenters. The standard InChI is InChI=1S/C14H16N6S/c1-10(15-7-13-8-21-11(2)17-13)12-4-3-5-14(6-12)20-9-16-18-19-20/h3-6,8-10,15H,7H2,1-2H3. The molecule has 1 N–H and O–H groups in total. The third-order valence-corrected chi connectivity index (χ3v) is 4.06. The Morgan fingerprint density at radius 2 is 2.29 bits per heavy atom. The molecule has 0 fully saturated rings. The van der Waals surface area contributed by atoms with Crippen molar-refractivity contribution in [3.05, 3.63) is 52.2 Å². The van der Waals surface area contributed by atoms with E-state index in [2.05, 4.69) is 50.3 Å². The van der Waals surface area contributed by atoms with Crippen LogP contribution in [0.3, 0.4) is 0 Å². The second kappa shape index (κ2) is 6.11. The molecule has 3 aromatic rings. The fraction of sp³-hybridized carbons (Fsp3) is 0.286. The van der Waals surface area contributed by atoms with Gasteiger partial charge in [0.1, 0.15) is 6.33 Å². The molecule has 7 heteroatoms. The summed E-state index contributed by atoms with van der Waals surface area (Å²) < 4.78 is 1.65. The highest BCUT2D eigenvalue weighted by Crippen LogP contribution is 2.17. The second-order valence-corrected chi connectivity index (χ2v) is 5.87. The van der Waals surface area contributed by atoms with Crippen molar-refractivity contribution in [1.29, 1.82) is 0 Å². The molecule has 0 aliphatic rings. The van der Waals surface area contributed by atoms with Crippen molar-refractivity contribution in [1.82, 2.24) is 30.5 Å². The number of aromatic nitrogens is 5. The van der Waals surface area contributed by atoms with Crippen LogP contribution in [0.2, 0.25) is 0 Å². The van der Waals surface area contributed by atoms with Crippen molar-refractivity contribution in [2.24, 2.45) is 0 Å². The molecule has 108 valence electrons. The first-order valence-corrected chi connectivity index (χ1v) is 7.58.